The Hall–Kier alpha value is -3.12. The molecule has 0 unspecified atom stereocenters. The lowest BCUT2D eigenvalue weighted by Gasteiger charge is -2.14. The number of H-pyrrole nitrogens is 1. The predicted molar refractivity (Wildman–Crippen MR) is 115 cm³/mol. The molecule has 0 radical (unpaired) electrons. The zero-order chi connectivity index (χ0) is 20.8. The van der Waals surface area contributed by atoms with Crippen LogP contribution in [-0.2, 0) is 10.0 Å². The number of fused-ring (bicyclic) bond motifs is 1. The lowest BCUT2D eigenvalue weighted by Crippen LogP contribution is -2.15. The third-order valence-corrected chi connectivity index (χ3v) is 6.59. The first-order chi connectivity index (χ1) is 13.7. The van der Waals surface area contributed by atoms with Gasteiger partial charge < -0.3 is 4.98 Å². The normalized spacial score (nSPS) is 11.7. The van der Waals surface area contributed by atoms with Crippen LogP contribution in [0.15, 0.2) is 65.6 Å². The molecular formula is C23H21FN2O2S. The molecule has 4 rings (SSSR count). The molecule has 0 aliphatic carbocycles. The van der Waals surface area contributed by atoms with Crippen molar-refractivity contribution < 1.29 is 12.8 Å². The summed E-state index contributed by atoms with van der Waals surface area (Å²) in [4.78, 5) is 3.56. The maximum absolute atomic E-state index is 13.4. The van der Waals surface area contributed by atoms with Crippen molar-refractivity contribution in [3.05, 3.63) is 83.2 Å². The van der Waals surface area contributed by atoms with Crippen LogP contribution < -0.4 is 4.72 Å². The first kappa shape index (κ1) is 19.2. The summed E-state index contributed by atoms with van der Waals surface area (Å²) in [6.45, 7) is 5.55. The van der Waals surface area contributed by atoms with Gasteiger partial charge in [0.05, 0.1) is 4.90 Å². The Morgan fingerprint density at radius 2 is 1.52 bits per heavy atom. The Kier molecular flexibility index (Phi) is 4.67. The first-order valence-corrected chi connectivity index (χ1v) is 10.7. The number of benzene rings is 3. The van der Waals surface area contributed by atoms with Crippen molar-refractivity contribution >= 4 is 26.6 Å². The first-order valence-electron chi connectivity index (χ1n) is 9.22. The average Bonchev–Trinajstić information content (AvgIpc) is 3.03. The molecule has 0 saturated heterocycles. The van der Waals surface area contributed by atoms with Crippen LogP contribution in [0.1, 0.15) is 16.7 Å². The molecule has 6 heteroatoms. The summed E-state index contributed by atoms with van der Waals surface area (Å²) >= 11 is 0. The van der Waals surface area contributed by atoms with Gasteiger partial charge in [0, 0.05) is 22.3 Å². The fraction of sp³-hybridized carbons (Fsp3) is 0.130. The van der Waals surface area contributed by atoms with Gasteiger partial charge in [0.15, 0.2) is 0 Å². The van der Waals surface area contributed by atoms with Crippen LogP contribution >= 0.6 is 0 Å². The number of hydrogen-bond acceptors (Lipinski definition) is 2. The van der Waals surface area contributed by atoms with E-state index in [0.29, 0.717) is 10.6 Å². The quantitative estimate of drug-likeness (QED) is 0.455. The van der Waals surface area contributed by atoms with Crippen LogP contribution in [0.3, 0.4) is 0 Å². The fourth-order valence-corrected chi connectivity index (χ4v) is 5.29. The molecule has 0 aliphatic heterocycles. The minimum Gasteiger partial charge on any atom is -0.355 e. The number of nitrogens with one attached hydrogen (secondary N) is 2. The maximum Gasteiger partial charge on any atom is 0.262 e. The van der Waals surface area contributed by atoms with Crippen LogP contribution in [0.4, 0.5) is 10.1 Å². The smallest absolute Gasteiger partial charge is 0.262 e. The Bertz CT molecular complexity index is 1300. The Morgan fingerprint density at radius 3 is 2.17 bits per heavy atom. The van der Waals surface area contributed by atoms with E-state index in [1.807, 2.05) is 37.3 Å². The number of rotatable bonds is 4. The Balaban J connectivity index is 1.62. The number of anilines is 1. The molecule has 148 valence electrons. The van der Waals surface area contributed by atoms with Crippen molar-refractivity contribution in [1.29, 1.82) is 0 Å². The molecule has 1 aromatic heterocycles. The van der Waals surface area contributed by atoms with E-state index in [9.17, 15) is 12.8 Å². The Labute approximate surface area is 169 Å². The molecule has 0 saturated carbocycles. The van der Waals surface area contributed by atoms with E-state index in [0.717, 1.165) is 38.9 Å². The summed E-state index contributed by atoms with van der Waals surface area (Å²) in [7, 11) is -3.69. The van der Waals surface area contributed by atoms with Gasteiger partial charge in [-0.2, -0.15) is 0 Å². The maximum atomic E-state index is 13.4. The number of hydrogen-bond donors (Lipinski definition) is 2. The molecule has 4 aromatic rings. The molecular weight excluding hydrogens is 387 g/mol. The number of halogens is 1. The van der Waals surface area contributed by atoms with Crippen molar-refractivity contribution in [2.45, 2.75) is 25.7 Å². The molecule has 4 nitrogen and oxygen atoms in total. The van der Waals surface area contributed by atoms with E-state index < -0.39 is 10.0 Å². The van der Waals surface area contributed by atoms with Crippen LogP contribution in [0.2, 0.25) is 0 Å². The lowest BCUT2D eigenvalue weighted by atomic mass is 10.1. The van der Waals surface area contributed by atoms with Gasteiger partial charge in [-0.05, 0) is 73.9 Å². The number of aryl methyl sites for hydroxylation is 3. The highest BCUT2D eigenvalue weighted by Crippen LogP contribution is 2.28. The molecule has 3 aromatic carbocycles. The standard InChI is InChI=1S/C23H21FN2O2S/c1-14-10-15(2)23(16(3)11-14)29(27,28)26-20-7-4-17(5-8-20)22-13-18-12-19(24)6-9-21(18)25-22/h4-13,25-26H,1-3H3. The summed E-state index contributed by atoms with van der Waals surface area (Å²) in [5.74, 6) is -0.283. The van der Waals surface area contributed by atoms with Gasteiger partial charge in [-0.25, -0.2) is 12.8 Å². The highest BCUT2D eigenvalue weighted by molar-refractivity contribution is 7.92. The SMILES string of the molecule is Cc1cc(C)c(S(=O)(=O)Nc2ccc(-c3cc4cc(F)ccc4[nH]3)cc2)c(C)c1. The summed E-state index contributed by atoms with van der Waals surface area (Å²) in [5, 5.41) is 0.787. The minimum atomic E-state index is -3.69. The predicted octanol–water partition coefficient (Wildman–Crippen LogP) is 5.70. The number of sulfonamides is 1. The highest BCUT2D eigenvalue weighted by Gasteiger charge is 2.20. The lowest BCUT2D eigenvalue weighted by molar-refractivity contribution is 0.600. The molecule has 0 aliphatic rings. The topological polar surface area (TPSA) is 62.0 Å². The van der Waals surface area contributed by atoms with Crippen LogP contribution in [0.5, 0.6) is 0 Å². The van der Waals surface area contributed by atoms with Crippen LogP contribution in [0.25, 0.3) is 22.2 Å². The second-order valence-electron chi connectivity index (χ2n) is 7.33. The van der Waals surface area contributed by atoms with Gasteiger partial charge in [0.25, 0.3) is 10.0 Å². The van der Waals surface area contributed by atoms with E-state index >= 15 is 0 Å². The van der Waals surface area contributed by atoms with Gasteiger partial charge >= 0.3 is 0 Å². The van der Waals surface area contributed by atoms with Crippen molar-refractivity contribution in [3.63, 3.8) is 0 Å². The largest absolute Gasteiger partial charge is 0.355 e. The van der Waals surface area contributed by atoms with Crippen molar-refractivity contribution in [1.82, 2.24) is 4.98 Å². The van der Waals surface area contributed by atoms with E-state index in [2.05, 4.69) is 9.71 Å². The molecule has 0 atom stereocenters. The third kappa shape index (κ3) is 3.76. The van der Waals surface area contributed by atoms with Crippen LogP contribution in [-0.4, -0.2) is 13.4 Å². The van der Waals surface area contributed by atoms with E-state index in [1.54, 1.807) is 32.0 Å². The van der Waals surface area contributed by atoms with Gasteiger partial charge in [-0.3, -0.25) is 4.72 Å². The number of aromatic nitrogens is 1. The van der Waals surface area contributed by atoms with Gasteiger partial charge in [0.1, 0.15) is 5.82 Å². The van der Waals surface area contributed by atoms with Crippen LogP contribution in [0, 0.1) is 26.6 Å². The third-order valence-electron chi connectivity index (χ3n) is 4.90. The zero-order valence-corrected chi connectivity index (χ0v) is 17.2. The molecule has 2 N–H and O–H groups in total. The molecule has 29 heavy (non-hydrogen) atoms. The van der Waals surface area contributed by atoms with Gasteiger partial charge in [0.2, 0.25) is 0 Å². The summed E-state index contributed by atoms with van der Waals surface area (Å²) < 4.78 is 41.9. The molecule has 0 amide bonds. The fourth-order valence-electron chi connectivity index (χ4n) is 3.77. The van der Waals surface area contributed by atoms with E-state index in [1.165, 1.54) is 12.1 Å². The minimum absolute atomic E-state index is 0.283. The van der Waals surface area contributed by atoms with Crippen molar-refractivity contribution in [2.24, 2.45) is 0 Å². The summed E-state index contributed by atoms with van der Waals surface area (Å²) in [6.07, 6.45) is 0. The van der Waals surface area contributed by atoms with Crippen molar-refractivity contribution in [2.75, 3.05) is 4.72 Å². The van der Waals surface area contributed by atoms with Crippen molar-refractivity contribution in [3.8, 4) is 11.3 Å². The summed E-state index contributed by atoms with van der Waals surface area (Å²) in [6, 6.07) is 17.3. The highest BCUT2D eigenvalue weighted by atomic mass is 32.2. The average molecular weight is 408 g/mol. The summed E-state index contributed by atoms with van der Waals surface area (Å²) in [5.41, 5.74) is 5.51. The molecule has 0 fully saturated rings. The van der Waals surface area contributed by atoms with Gasteiger partial charge in [-0.15, -0.1) is 0 Å². The Morgan fingerprint density at radius 1 is 0.862 bits per heavy atom. The number of aromatic amines is 1. The van der Waals surface area contributed by atoms with E-state index in [4.69, 9.17) is 0 Å². The second kappa shape index (κ2) is 7.04. The second-order valence-corrected chi connectivity index (χ2v) is 8.94. The monoisotopic (exact) mass is 408 g/mol. The zero-order valence-electron chi connectivity index (χ0n) is 16.4. The molecule has 0 spiro atoms. The van der Waals surface area contributed by atoms with E-state index in [-0.39, 0.29) is 5.82 Å². The van der Waals surface area contributed by atoms with Gasteiger partial charge in [-0.1, -0.05) is 29.8 Å². The molecule has 1 heterocycles. The molecule has 0 bridgehead atoms.